The number of aromatic nitrogens is 2. The zero-order valence-corrected chi connectivity index (χ0v) is 11.8. The molecule has 1 unspecified atom stereocenters. The summed E-state index contributed by atoms with van der Waals surface area (Å²) in [5.74, 6) is 0.0537. The van der Waals surface area contributed by atoms with Crippen LogP contribution in [0.15, 0.2) is 28.8 Å². The Morgan fingerprint density at radius 2 is 2.29 bits per heavy atom. The van der Waals surface area contributed by atoms with E-state index in [9.17, 15) is 9.90 Å². The maximum Gasteiger partial charge on any atom is 0.311 e. The molecule has 1 aliphatic rings. The van der Waals surface area contributed by atoms with Crippen LogP contribution in [0.25, 0.3) is 0 Å². The Kier molecular flexibility index (Phi) is 3.60. The van der Waals surface area contributed by atoms with Gasteiger partial charge in [-0.05, 0) is 18.1 Å². The van der Waals surface area contributed by atoms with E-state index in [-0.39, 0.29) is 0 Å². The van der Waals surface area contributed by atoms with Crippen molar-refractivity contribution in [2.24, 2.45) is 0 Å². The van der Waals surface area contributed by atoms with E-state index in [1.54, 1.807) is 0 Å². The summed E-state index contributed by atoms with van der Waals surface area (Å²) < 4.78 is 5.12. The third-order valence-electron chi connectivity index (χ3n) is 3.78. The van der Waals surface area contributed by atoms with Gasteiger partial charge in [0, 0.05) is 18.7 Å². The van der Waals surface area contributed by atoms with Crippen LogP contribution in [0, 0.1) is 0 Å². The molecule has 0 radical (unpaired) electrons. The van der Waals surface area contributed by atoms with Gasteiger partial charge in [-0.25, -0.2) is 0 Å². The minimum Gasteiger partial charge on any atom is -0.481 e. The summed E-state index contributed by atoms with van der Waals surface area (Å²) in [5.41, 5.74) is 1.80. The molecule has 0 fully saturated rings. The smallest absolute Gasteiger partial charge is 0.311 e. The highest BCUT2D eigenvalue weighted by Gasteiger charge is 2.30. The Balaban J connectivity index is 1.87. The van der Waals surface area contributed by atoms with Gasteiger partial charge in [-0.1, -0.05) is 30.3 Å². The quantitative estimate of drug-likeness (QED) is 0.928. The molecule has 1 aromatic carbocycles. The molecule has 3 rings (SSSR count). The van der Waals surface area contributed by atoms with Crippen molar-refractivity contribution >= 4 is 11.7 Å². The Morgan fingerprint density at radius 1 is 1.48 bits per heavy atom. The maximum absolute atomic E-state index is 11.4. The fraction of sp³-hybridized carbons (Fsp3) is 0.400. The molecular formula is C15H17N3O3. The first kappa shape index (κ1) is 13.6. The second-order valence-corrected chi connectivity index (χ2v) is 5.12. The van der Waals surface area contributed by atoms with Gasteiger partial charge >= 0.3 is 5.97 Å². The van der Waals surface area contributed by atoms with Crippen LogP contribution < -0.4 is 4.90 Å². The third-order valence-corrected chi connectivity index (χ3v) is 3.78. The number of aryl methyl sites for hydroxylation is 1. The van der Waals surface area contributed by atoms with Gasteiger partial charge in [0.25, 0.3) is 0 Å². The van der Waals surface area contributed by atoms with Crippen molar-refractivity contribution in [3.63, 3.8) is 0 Å². The fourth-order valence-corrected chi connectivity index (χ4v) is 2.72. The van der Waals surface area contributed by atoms with E-state index in [4.69, 9.17) is 4.52 Å². The molecule has 21 heavy (non-hydrogen) atoms. The van der Waals surface area contributed by atoms with E-state index in [0.29, 0.717) is 37.6 Å². The van der Waals surface area contributed by atoms with Crippen molar-refractivity contribution in [1.29, 1.82) is 0 Å². The molecule has 2 heterocycles. The molecule has 6 heteroatoms. The number of carboxylic acid groups (broad SMARTS) is 1. The summed E-state index contributed by atoms with van der Waals surface area (Å²) in [7, 11) is 0. The summed E-state index contributed by atoms with van der Waals surface area (Å²) in [6.45, 7) is 3.17. The summed E-state index contributed by atoms with van der Waals surface area (Å²) >= 11 is 0. The van der Waals surface area contributed by atoms with Crippen LogP contribution in [-0.4, -0.2) is 27.8 Å². The van der Waals surface area contributed by atoms with Crippen molar-refractivity contribution in [2.75, 3.05) is 11.4 Å². The van der Waals surface area contributed by atoms with E-state index in [2.05, 4.69) is 15.0 Å². The van der Waals surface area contributed by atoms with Crippen molar-refractivity contribution < 1.29 is 14.4 Å². The zero-order chi connectivity index (χ0) is 14.8. The Morgan fingerprint density at radius 3 is 3.00 bits per heavy atom. The number of carboxylic acids is 1. The van der Waals surface area contributed by atoms with Gasteiger partial charge < -0.3 is 14.5 Å². The highest BCUT2D eigenvalue weighted by atomic mass is 16.5. The van der Waals surface area contributed by atoms with Gasteiger partial charge in [-0.3, -0.25) is 4.79 Å². The first-order valence-electron chi connectivity index (χ1n) is 7.07. The minimum atomic E-state index is -0.769. The average Bonchev–Trinajstić information content (AvgIpc) is 2.95. The van der Waals surface area contributed by atoms with E-state index >= 15 is 0 Å². The number of aliphatic carboxylic acids is 1. The molecule has 110 valence electrons. The number of benzene rings is 1. The Labute approximate surface area is 122 Å². The second-order valence-electron chi connectivity index (χ2n) is 5.12. The van der Waals surface area contributed by atoms with Crippen LogP contribution in [-0.2, 0) is 17.8 Å². The summed E-state index contributed by atoms with van der Waals surface area (Å²) in [4.78, 5) is 17.8. The molecular weight excluding hydrogens is 270 g/mol. The SMILES string of the molecule is CCc1nc(CN2CCC(C(=O)O)c3ccccc32)no1. The second kappa shape index (κ2) is 5.55. The molecule has 0 saturated carbocycles. The van der Waals surface area contributed by atoms with Crippen LogP contribution in [0.2, 0.25) is 0 Å². The molecule has 6 nitrogen and oxygen atoms in total. The largest absolute Gasteiger partial charge is 0.481 e. The molecule has 0 amide bonds. The van der Waals surface area contributed by atoms with E-state index in [1.165, 1.54) is 0 Å². The van der Waals surface area contributed by atoms with Crippen molar-refractivity contribution in [1.82, 2.24) is 10.1 Å². The number of para-hydroxylation sites is 1. The van der Waals surface area contributed by atoms with Crippen LogP contribution in [0.4, 0.5) is 5.69 Å². The minimum absolute atomic E-state index is 0.436. The third kappa shape index (κ3) is 2.61. The van der Waals surface area contributed by atoms with Gasteiger partial charge in [0.1, 0.15) is 0 Å². The molecule has 0 aliphatic carbocycles. The van der Waals surface area contributed by atoms with Crippen molar-refractivity contribution in [2.45, 2.75) is 32.2 Å². The first-order chi connectivity index (χ1) is 10.2. The van der Waals surface area contributed by atoms with E-state index < -0.39 is 11.9 Å². The average molecular weight is 287 g/mol. The lowest BCUT2D eigenvalue weighted by atomic mass is 9.90. The number of nitrogens with zero attached hydrogens (tertiary/aromatic N) is 3. The lowest BCUT2D eigenvalue weighted by Crippen LogP contribution is -2.33. The lowest BCUT2D eigenvalue weighted by molar-refractivity contribution is -0.139. The topological polar surface area (TPSA) is 79.5 Å². The number of anilines is 1. The maximum atomic E-state index is 11.4. The monoisotopic (exact) mass is 287 g/mol. The number of hydrogen-bond acceptors (Lipinski definition) is 5. The van der Waals surface area contributed by atoms with Crippen LogP contribution in [0.5, 0.6) is 0 Å². The number of fused-ring (bicyclic) bond motifs is 1. The summed E-state index contributed by atoms with van der Waals surface area (Å²) in [6, 6.07) is 7.63. The lowest BCUT2D eigenvalue weighted by Gasteiger charge is -2.33. The van der Waals surface area contributed by atoms with Crippen LogP contribution in [0.3, 0.4) is 0 Å². The standard InChI is InChI=1S/C15H17N3O3/c1-2-14-16-13(17-21-14)9-18-8-7-11(15(19)20)10-5-3-4-6-12(10)18/h3-6,11H,2,7-9H2,1H3,(H,19,20). The Bertz CT molecular complexity index is 653. The van der Waals surface area contributed by atoms with Crippen LogP contribution in [0.1, 0.15) is 36.5 Å². The summed E-state index contributed by atoms with van der Waals surface area (Å²) in [6.07, 6.45) is 1.30. The highest BCUT2D eigenvalue weighted by molar-refractivity contribution is 5.80. The molecule has 0 bridgehead atoms. The molecule has 0 saturated heterocycles. The van der Waals surface area contributed by atoms with Gasteiger partial charge in [-0.2, -0.15) is 4.98 Å². The zero-order valence-electron chi connectivity index (χ0n) is 11.8. The van der Waals surface area contributed by atoms with Gasteiger partial charge in [-0.15, -0.1) is 0 Å². The normalized spacial score (nSPS) is 17.6. The number of rotatable bonds is 4. The molecule has 0 spiro atoms. The molecule has 2 aromatic rings. The van der Waals surface area contributed by atoms with Crippen LogP contribution >= 0.6 is 0 Å². The number of carbonyl (C=O) groups is 1. The van der Waals surface area contributed by atoms with E-state index in [1.807, 2.05) is 31.2 Å². The molecule has 1 aliphatic heterocycles. The number of hydrogen-bond donors (Lipinski definition) is 1. The predicted molar refractivity (Wildman–Crippen MR) is 76.2 cm³/mol. The molecule has 1 aromatic heterocycles. The van der Waals surface area contributed by atoms with E-state index in [0.717, 1.165) is 11.3 Å². The first-order valence-corrected chi connectivity index (χ1v) is 7.07. The Hall–Kier alpha value is -2.37. The van der Waals surface area contributed by atoms with Gasteiger partial charge in [0.15, 0.2) is 5.82 Å². The van der Waals surface area contributed by atoms with Crippen molar-refractivity contribution in [3.05, 3.63) is 41.5 Å². The van der Waals surface area contributed by atoms with Crippen molar-refractivity contribution in [3.8, 4) is 0 Å². The molecule has 1 N–H and O–H groups in total. The molecule has 1 atom stereocenters. The predicted octanol–water partition coefficient (Wildman–Crippen LogP) is 2.21. The fourth-order valence-electron chi connectivity index (χ4n) is 2.72. The van der Waals surface area contributed by atoms with Gasteiger partial charge in [0.05, 0.1) is 12.5 Å². The summed E-state index contributed by atoms with van der Waals surface area (Å²) in [5, 5.41) is 13.3. The van der Waals surface area contributed by atoms with Gasteiger partial charge in [0.2, 0.25) is 5.89 Å². The highest BCUT2D eigenvalue weighted by Crippen LogP contribution is 2.35.